The number of amides is 1. The third-order valence-electron chi connectivity index (χ3n) is 2.29. The van der Waals surface area contributed by atoms with Crippen molar-refractivity contribution in [3.8, 4) is 5.75 Å². The molecular weight excluding hydrogens is 297 g/mol. The van der Waals surface area contributed by atoms with Crippen molar-refractivity contribution in [2.45, 2.75) is 13.1 Å². The van der Waals surface area contributed by atoms with Crippen LogP contribution in [0.15, 0.2) is 18.2 Å². The maximum atomic E-state index is 12.1. The first-order valence-corrected chi connectivity index (χ1v) is 5.57. The van der Waals surface area contributed by atoms with Crippen molar-refractivity contribution in [3.05, 3.63) is 23.8 Å². The smallest absolute Gasteiger partial charge is 0.422 e. The van der Waals surface area contributed by atoms with E-state index in [-0.39, 0.29) is 30.6 Å². The second kappa shape index (κ2) is 7.96. The minimum absolute atomic E-state index is 0. The van der Waals surface area contributed by atoms with Crippen molar-refractivity contribution in [2.24, 2.45) is 0 Å². The van der Waals surface area contributed by atoms with Gasteiger partial charge in [0.2, 0.25) is 5.91 Å². The third kappa shape index (κ3) is 6.12. The number of carbonyl (C=O) groups excluding carboxylic acids is 1. The number of anilines is 1. The Morgan fingerprint density at radius 2 is 2.00 bits per heavy atom. The molecule has 1 aromatic carbocycles. The Kier molecular flexibility index (Phi) is 7.38. The van der Waals surface area contributed by atoms with Gasteiger partial charge in [0.25, 0.3) is 0 Å². The molecule has 0 spiro atoms. The van der Waals surface area contributed by atoms with Gasteiger partial charge in [-0.3, -0.25) is 4.79 Å². The van der Waals surface area contributed by atoms with Crippen LogP contribution in [0.4, 0.5) is 18.9 Å². The highest BCUT2D eigenvalue weighted by Crippen LogP contribution is 2.27. The molecule has 0 atom stereocenters. The summed E-state index contributed by atoms with van der Waals surface area (Å²) in [5, 5.41) is 5.26. The van der Waals surface area contributed by atoms with Crippen molar-refractivity contribution in [1.29, 1.82) is 0 Å². The summed E-state index contributed by atoms with van der Waals surface area (Å²) in [6, 6.07) is 4.55. The molecule has 0 aliphatic carbocycles. The number of hydrogen-bond donors (Lipinski definition) is 2. The first-order chi connectivity index (χ1) is 8.83. The van der Waals surface area contributed by atoms with E-state index in [2.05, 4.69) is 10.6 Å². The van der Waals surface area contributed by atoms with E-state index in [1.807, 2.05) is 0 Å². The van der Waals surface area contributed by atoms with Crippen LogP contribution in [-0.4, -0.2) is 32.3 Å². The molecule has 2 N–H and O–H groups in total. The molecule has 1 rings (SSSR count). The SMILES string of the molecule is CNCC(=O)Nc1cccc(OCC(F)(F)F)c1C.Cl. The van der Waals surface area contributed by atoms with Gasteiger partial charge >= 0.3 is 6.18 Å². The molecule has 0 unspecified atom stereocenters. The van der Waals surface area contributed by atoms with Crippen LogP contribution in [0.25, 0.3) is 0 Å². The fourth-order valence-electron chi connectivity index (χ4n) is 1.42. The molecule has 0 aliphatic heterocycles. The number of carbonyl (C=O) groups is 1. The van der Waals surface area contributed by atoms with E-state index in [0.717, 1.165) is 0 Å². The zero-order valence-electron chi connectivity index (χ0n) is 11.0. The summed E-state index contributed by atoms with van der Waals surface area (Å²) in [6.45, 7) is 0.343. The van der Waals surface area contributed by atoms with Crippen LogP contribution in [0.1, 0.15) is 5.56 Å². The minimum Gasteiger partial charge on any atom is -0.484 e. The van der Waals surface area contributed by atoms with Crippen LogP contribution in [0.3, 0.4) is 0 Å². The fraction of sp³-hybridized carbons (Fsp3) is 0.417. The number of alkyl halides is 3. The molecule has 1 amide bonds. The van der Waals surface area contributed by atoms with Crippen LogP contribution in [0.5, 0.6) is 5.75 Å². The van der Waals surface area contributed by atoms with Crippen LogP contribution in [0, 0.1) is 6.92 Å². The lowest BCUT2D eigenvalue weighted by molar-refractivity contribution is -0.153. The lowest BCUT2D eigenvalue weighted by Crippen LogP contribution is -2.25. The number of likely N-dealkylation sites (N-methyl/N-ethyl adjacent to an activating group) is 1. The largest absolute Gasteiger partial charge is 0.484 e. The van der Waals surface area contributed by atoms with Gasteiger partial charge in [0.15, 0.2) is 6.61 Å². The molecule has 0 bridgehead atoms. The monoisotopic (exact) mass is 312 g/mol. The normalized spacial score (nSPS) is 10.7. The van der Waals surface area contributed by atoms with Crippen LogP contribution >= 0.6 is 12.4 Å². The summed E-state index contributed by atoms with van der Waals surface area (Å²) in [5.41, 5.74) is 0.885. The lowest BCUT2D eigenvalue weighted by atomic mass is 10.2. The molecule has 8 heteroatoms. The summed E-state index contributed by atoms with van der Waals surface area (Å²) < 4.78 is 40.9. The Hall–Kier alpha value is -1.47. The van der Waals surface area contributed by atoms with Crippen molar-refractivity contribution in [3.63, 3.8) is 0 Å². The molecule has 114 valence electrons. The third-order valence-corrected chi connectivity index (χ3v) is 2.29. The topological polar surface area (TPSA) is 50.4 Å². The zero-order valence-corrected chi connectivity index (χ0v) is 11.8. The van der Waals surface area contributed by atoms with Gasteiger partial charge in [-0.05, 0) is 26.1 Å². The van der Waals surface area contributed by atoms with Gasteiger partial charge in [0.05, 0.1) is 6.54 Å². The fourth-order valence-corrected chi connectivity index (χ4v) is 1.42. The Morgan fingerprint density at radius 3 is 2.55 bits per heavy atom. The second-order valence-corrected chi connectivity index (χ2v) is 3.91. The predicted octanol–water partition coefficient (Wildman–Crippen LogP) is 2.52. The molecule has 0 aliphatic rings. The number of hydrogen-bond acceptors (Lipinski definition) is 3. The maximum Gasteiger partial charge on any atom is 0.422 e. The number of rotatable bonds is 5. The standard InChI is InChI=1S/C12H15F3N2O2.ClH/c1-8-9(17-11(18)6-16-2)4-3-5-10(8)19-7-12(13,14)15;/h3-5,16H,6-7H2,1-2H3,(H,17,18);1H. The van der Waals surface area contributed by atoms with Gasteiger partial charge < -0.3 is 15.4 Å². The highest BCUT2D eigenvalue weighted by atomic mass is 35.5. The quantitative estimate of drug-likeness (QED) is 0.878. The second-order valence-electron chi connectivity index (χ2n) is 3.91. The van der Waals surface area contributed by atoms with E-state index >= 15 is 0 Å². The van der Waals surface area contributed by atoms with Gasteiger partial charge in [-0.25, -0.2) is 0 Å². The van der Waals surface area contributed by atoms with E-state index < -0.39 is 12.8 Å². The van der Waals surface area contributed by atoms with E-state index in [1.54, 1.807) is 20.0 Å². The van der Waals surface area contributed by atoms with Gasteiger partial charge in [0, 0.05) is 11.3 Å². The molecular formula is C12H16ClF3N2O2. The zero-order chi connectivity index (χ0) is 14.5. The highest BCUT2D eigenvalue weighted by Gasteiger charge is 2.28. The van der Waals surface area contributed by atoms with E-state index in [0.29, 0.717) is 11.3 Å². The van der Waals surface area contributed by atoms with Gasteiger partial charge in [-0.2, -0.15) is 13.2 Å². The Bertz CT molecular complexity index is 453. The van der Waals surface area contributed by atoms with Crippen LogP contribution < -0.4 is 15.4 Å². The molecule has 0 aromatic heterocycles. The molecule has 0 heterocycles. The van der Waals surface area contributed by atoms with E-state index in [9.17, 15) is 18.0 Å². The van der Waals surface area contributed by atoms with Gasteiger partial charge in [-0.15, -0.1) is 12.4 Å². The molecule has 20 heavy (non-hydrogen) atoms. The summed E-state index contributed by atoms with van der Waals surface area (Å²) in [4.78, 5) is 11.4. The first kappa shape index (κ1) is 18.5. The van der Waals surface area contributed by atoms with Crippen molar-refractivity contribution < 1.29 is 22.7 Å². The Labute approximate surface area is 121 Å². The highest BCUT2D eigenvalue weighted by molar-refractivity contribution is 5.93. The molecule has 0 fully saturated rings. The molecule has 0 saturated heterocycles. The molecule has 4 nitrogen and oxygen atoms in total. The number of benzene rings is 1. The van der Waals surface area contributed by atoms with Crippen LogP contribution in [0.2, 0.25) is 0 Å². The first-order valence-electron chi connectivity index (χ1n) is 5.57. The number of halogens is 4. The Balaban J connectivity index is 0.00000361. The number of ether oxygens (including phenoxy) is 1. The van der Waals surface area contributed by atoms with Crippen molar-refractivity contribution >= 4 is 24.0 Å². The molecule has 0 radical (unpaired) electrons. The number of nitrogens with one attached hydrogen (secondary N) is 2. The lowest BCUT2D eigenvalue weighted by Gasteiger charge is -2.14. The minimum atomic E-state index is -4.39. The summed E-state index contributed by atoms with van der Waals surface area (Å²) in [5.74, 6) is -0.182. The van der Waals surface area contributed by atoms with Crippen LogP contribution in [-0.2, 0) is 4.79 Å². The summed E-state index contributed by atoms with van der Waals surface area (Å²) in [6.07, 6.45) is -4.39. The molecule has 1 aromatic rings. The predicted molar refractivity (Wildman–Crippen MR) is 72.5 cm³/mol. The molecule has 0 saturated carbocycles. The maximum absolute atomic E-state index is 12.1. The summed E-state index contributed by atoms with van der Waals surface area (Å²) in [7, 11) is 1.62. The van der Waals surface area contributed by atoms with Crippen molar-refractivity contribution in [2.75, 3.05) is 25.5 Å². The summed E-state index contributed by atoms with van der Waals surface area (Å²) >= 11 is 0. The Morgan fingerprint density at radius 1 is 1.35 bits per heavy atom. The average molecular weight is 313 g/mol. The average Bonchev–Trinajstić information content (AvgIpc) is 2.29. The van der Waals surface area contributed by atoms with E-state index in [4.69, 9.17) is 4.74 Å². The van der Waals surface area contributed by atoms with E-state index in [1.165, 1.54) is 12.1 Å². The van der Waals surface area contributed by atoms with Crippen molar-refractivity contribution in [1.82, 2.24) is 5.32 Å². The van der Waals surface area contributed by atoms with Gasteiger partial charge in [0.1, 0.15) is 5.75 Å². The van der Waals surface area contributed by atoms with Gasteiger partial charge in [-0.1, -0.05) is 6.07 Å².